The molecule has 0 aliphatic carbocycles. The lowest BCUT2D eigenvalue weighted by Crippen LogP contribution is -2.25. The summed E-state index contributed by atoms with van der Waals surface area (Å²) in [6.45, 7) is -0.132. The van der Waals surface area contributed by atoms with Crippen LogP contribution >= 0.6 is 11.6 Å². The Morgan fingerprint density at radius 1 is 1.30 bits per heavy atom. The maximum Gasteiger partial charge on any atom is 0.416 e. The highest BCUT2D eigenvalue weighted by atomic mass is 35.5. The number of aromatic nitrogens is 1. The number of amides is 1. The van der Waals surface area contributed by atoms with Crippen molar-refractivity contribution in [2.24, 2.45) is 0 Å². The summed E-state index contributed by atoms with van der Waals surface area (Å²) in [6.07, 6.45) is -3.21. The minimum absolute atomic E-state index is 0.132. The molecule has 1 aromatic carbocycles. The minimum atomic E-state index is -4.47. The standard InChI is InChI=1S/C15H12ClF3N2O2/c1-20-13(22)10-6-12(16)14(23)21(8-10)7-9-3-2-4-11(5-9)15(17,18)19/h2-6,8H,7H2,1H3,(H,20,22). The van der Waals surface area contributed by atoms with Crippen molar-refractivity contribution in [3.63, 3.8) is 0 Å². The number of nitrogens with one attached hydrogen (secondary N) is 1. The van der Waals surface area contributed by atoms with Gasteiger partial charge in [-0.25, -0.2) is 0 Å². The molecule has 0 bridgehead atoms. The van der Waals surface area contributed by atoms with E-state index >= 15 is 0 Å². The van der Waals surface area contributed by atoms with E-state index in [1.54, 1.807) is 0 Å². The Balaban J connectivity index is 2.42. The van der Waals surface area contributed by atoms with Gasteiger partial charge in [0, 0.05) is 13.2 Å². The fourth-order valence-corrected chi connectivity index (χ4v) is 2.25. The second-order valence-corrected chi connectivity index (χ2v) is 5.19. The smallest absolute Gasteiger partial charge is 0.355 e. The number of carbonyl (C=O) groups is 1. The molecule has 122 valence electrons. The molecule has 0 radical (unpaired) electrons. The second kappa shape index (κ2) is 6.45. The van der Waals surface area contributed by atoms with Crippen LogP contribution in [0.25, 0.3) is 0 Å². The predicted molar refractivity (Wildman–Crippen MR) is 79.6 cm³/mol. The van der Waals surface area contributed by atoms with Gasteiger partial charge in [-0.1, -0.05) is 23.7 Å². The molecule has 23 heavy (non-hydrogen) atoms. The topological polar surface area (TPSA) is 51.1 Å². The van der Waals surface area contributed by atoms with Gasteiger partial charge in [-0.15, -0.1) is 0 Å². The Morgan fingerprint density at radius 2 is 2.00 bits per heavy atom. The van der Waals surface area contributed by atoms with Gasteiger partial charge in [-0.3, -0.25) is 9.59 Å². The number of halogens is 4. The van der Waals surface area contributed by atoms with Crippen molar-refractivity contribution in [3.05, 3.63) is 68.6 Å². The quantitative estimate of drug-likeness (QED) is 0.930. The molecule has 0 unspecified atom stereocenters. The number of pyridine rings is 1. The maximum absolute atomic E-state index is 12.7. The number of hydrogen-bond acceptors (Lipinski definition) is 2. The van der Waals surface area contributed by atoms with E-state index in [0.29, 0.717) is 0 Å². The van der Waals surface area contributed by atoms with Crippen molar-refractivity contribution < 1.29 is 18.0 Å². The zero-order chi connectivity index (χ0) is 17.2. The molecule has 0 spiro atoms. The Kier molecular flexibility index (Phi) is 4.79. The van der Waals surface area contributed by atoms with E-state index in [1.165, 1.54) is 31.4 Å². The normalized spacial score (nSPS) is 11.3. The van der Waals surface area contributed by atoms with Gasteiger partial charge in [0.05, 0.1) is 17.7 Å². The first-order chi connectivity index (χ1) is 10.7. The Bertz CT molecular complexity index is 800. The number of benzene rings is 1. The van der Waals surface area contributed by atoms with Crippen LogP contribution < -0.4 is 10.9 Å². The van der Waals surface area contributed by atoms with Crippen LogP contribution in [-0.2, 0) is 12.7 Å². The summed E-state index contributed by atoms with van der Waals surface area (Å²) in [6, 6.07) is 5.83. The molecule has 1 amide bonds. The number of alkyl halides is 3. The summed E-state index contributed by atoms with van der Waals surface area (Å²) in [5, 5.41) is 2.20. The van der Waals surface area contributed by atoms with Crippen LogP contribution in [-0.4, -0.2) is 17.5 Å². The molecule has 1 aromatic heterocycles. The fourth-order valence-electron chi connectivity index (χ4n) is 2.03. The van der Waals surface area contributed by atoms with Crippen LogP contribution in [0, 0.1) is 0 Å². The highest BCUT2D eigenvalue weighted by Crippen LogP contribution is 2.29. The van der Waals surface area contributed by atoms with Gasteiger partial charge in [0.15, 0.2) is 0 Å². The SMILES string of the molecule is CNC(=O)c1cc(Cl)c(=O)n(Cc2cccc(C(F)(F)F)c2)c1. The van der Waals surface area contributed by atoms with Gasteiger partial charge in [0.25, 0.3) is 11.5 Å². The second-order valence-electron chi connectivity index (χ2n) is 4.79. The summed E-state index contributed by atoms with van der Waals surface area (Å²) in [5.74, 6) is -0.454. The molecule has 8 heteroatoms. The minimum Gasteiger partial charge on any atom is -0.355 e. The first kappa shape index (κ1) is 17.1. The monoisotopic (exact) mass is 344 g/mol. The van der Waals surface area contributed by atoms with Gasteiger partial charge >= 0.3 is 6.18 Å². The molecule has 1 heterocycles. The Labute approximate surface area is 134 Å². The molecule has 4 nitrogen and oxygen atoms in total. The van der Waals surface area contributed by atoms with Crippen LogP contribution in [0.5, 0.6) is 0 Å². The van der Waals surface area contributed by atoms with E-state index in [4.69, 9.17) is 11.6 Å². The summed E-state index contributed by atoms with van der Waals surface area (Å²) in [4.78, 5) is 23.6. The highest BCUT2D eigenvalue weighted by Gasteiger charge is 2.30. The molecule has 0 saturated heterocycles. The van der Waals surface area contributed by atoms with Crippen LogP contribution in [0.15, 0.2) is 41.3 Å². The first-order valence-corrected chi connectivity index (χ1v) is 6.88. The summed E-state index contributed by atoms with van der Waals surface area (Å²) in [5.41, 5.74) is -0.982. The largest absolute Gasteiger partial charge is 0.416 e. The summed E-state index contributed by atoms with van der Waals surface area (Å²) in [7, 11) is 1.42. The van der Waals surface area contributed by atoms with Crippen LogP contribution in [0.2, 0.25) is 5.02 Å². The van der Waals surface area contributed by atoms with Crippen molar-refractivity contribution >= 4 is 17.5 Å². The number of nitrogens with zero attached hydrogens (tertiary/aromatic N) is 1. The van der Waals surface area contributed by atoms with Gasteiger partial charge < -0.3 is 9.88 Å². The van der Waals surface area contributed by atoms with Gasteiger partial charge in [-0.2, -0.15) is 13.2 Å². The molecule has 2 aromatic rings. The maximum atomic E-state index is 12.7. The third kappa shape index (κ3) is 3.92. The molecule has 0 aliphatic heterocycles. The first-order valence-electron chi connectivity index (χ1n) is 6.50. The van der Waals surface area contributed by atoms with Crippen LogP contribution in [0.3, 0.4) is 0 Å². The summed E-state index contributed by atoms with van der Waals surface area (Å²) >= 11 is 5.80. The lowest BCUT2D eigenvalue weighted by atomic mass is 10.1. The molecular weight excluding hydrogens is 333 g/mol. The van der Waals surface area contributed by atoms with Crippen molar-refractivity contribution in [2.45, 2.75) is 12.7 Å². The van der Waals surface area contributed by atoms with E-state index in [0.717, 1.165) is 16.7 Å². The average molecular weight is 345 g/mol. The van der Waals surface area contributed by atoms with E-state index < -0.39 is 23.2 Å². The highest BCUT2D eigenvalue weighted by molar-refractivity contribution is 6.30. The molecule has 0 fully saturated rings. The van der Waals surface area contributed by atoms with Crippen molar-refractivity contribution in [1.82, 2.24) is 9.88 Å². The number of rotatable bonds is 3. The summed E-state index contributed by atoms with van der Waals surface area (Å²) < 4.78 is 39.3. The van der Waals surface area contributed by atoms with E-state index in [2.05, 4.69) is 5.32 Å². The zero-order valence-corrected chi connectivity index (χ0v) is 12.7. The molecule has 0 saturated carbocycles. The zero-order valence-electron chi connectivity index (χ0n) is 11.9. The average Bonchev–Trinajstić information content (AvgIpc) is 2.50. The predicted octanol–water partition coefficient (Wildman–Crippen LogP) is 2.93. The van der Waals surface area contributed by atoms with Crippen molar-refractivity contribution in [1.29, 1.82) is 0 Å². The van der Waals surface area contributed by atoms with E-state index in [1.807, 2.05) is 0 Å². The Hall–Kier alpha value is -2.28. The molecule has 0 atom stereocenters. The fraction of sp³-hybridized carbons (Fsp3) is 0.200. The van der Waals surface area contributed by atoms with Crippen molar-refractivity contribution in [2.75, 3.05) is 7.05 Å². The number of hydrogen-bond donors (Lipinski definition) is 1. The number of carbonyl (C=O) groups excluding carboxylic acids is 1. The van der Waals surface area contributed by atoms with Crippen LogP contribution in [0.4, 0.5) is 13.2 Å². The molecule has 2 rings (SSSR count). The van der Waals surface area contributed by atoms with Gasteiger partial charge in [0.1, 0.15) is 5.02 Å². The van der Waals surface area contributed by atoms with E-state index in [9.17, 15) is 22.8 Å². The van der Waals surface area contributed by atoms with Crippen molar-refractivity contribution in [3.8, 4) is 0 Å². The van der Waals surface area contributed by atoms with E-state index in [-0.39, 0.29) is 22.7 Å². The lowest BCUT2D eigenvalue weighted by molar-refractivity contribution is -0.137. The van der Waals surface area contributed by atoms with Gasteiger partial charge in [0.2, 0.25) is 0 Å². The lowest BCUT2D eigenvalue weighted by Gasteiger charge is -2.11. The third-order valence-electron chi connectivity index (χ3n) is 3.14. The third-order valence-corrected chi connectivity index (χ3v) is 3.41. The van der Waals surface area contributed by atoms with Crippen LogP contribution in [0.1, 0.15) is 21.5 Å². The molecule has 1 N–H and O–H groups in total. The molecule has 0 aliphatic rings. The molecular formula is C15H12ClF3N2O2. The van der Waals surface area contributed by atoms with Gasteiger partial charge in [-0.05, 0) is 23.8 Å². The Morgan fingerprint density at radius 3 is 2.61 bits per heavy atom.